The van der Waals surface area contributed by atoms with Gasteiger partial charge in [0.25, 0.3) is 5.56 Å². The lowest BCUT2D eigenvalue weighted by Crippen LogP contribution is -2.34. The molecule has 2 heterocycles. The first-order valence-electron chi connectivity index (χ1n) is 11.5. The van der Waals surface area contributed by atoms with E-state index in [0.717, 1.165) is 10.9 Å². The zero-order chi connectivity index (χ0) is 24.6. The van der Waals surface area contributed by atoms with Crippen LogP contribution in [-0.2, 0) is 0 Å². The molecule has 1 aliphatic carbocycles. The molecule has 1 aliphatic rings. The van der Waals surface area contributed by atoms with Crippen molar-refractivity contribution in [3.05, 3.63) is 52.2 Å². The molecule has 1 fully saturated rings. The van der Waals surface area contributed by atoms with Gasteiger partial charge < -0.3 is 25.6 Å². The minimum absolute atomic E-state index is 0.00950. The number of aliphatic hydroxyl groups is 1. The van der Waals surface area contributed by atoms with Crippen LogP contribution in [0.1, 0.15) is 44.7 Å². The highest BCUT2D eigenvalue weighted by Gasteiger charge is 2.28. The Morgan fingerprint density at radius 2 is 1.97 bits per heavy atom. The molecule has 4 rings (SSSR count). The molecule has 9 heteroatoms. The fourth-order valence-corrected chi connectivity index (χ4v) is 4.57. The van der Waals surface area contributed by atoms with E-state index < -0.39 is 18.0 Å². The number of carbonyl (C=O) groups excluding carboxylic acids is 1. The number of halogens is 1. The summed E-state index contributed by atoms with van der Waals surface area (Å²) >= 11 is 0. The summed E-state index contributed by atoms with van der Waals surface area (Å²) in [5.41, 5.74) is 1.97. The van der Waals surface area contributed by atoms with E-state index in [1.165, 1.54) is 12.1 Å². The van der Waals surface area contributed by atoms with Crippen LogP contribution >= 0.6 is 0 Å². The predicted molar refractivity (Wildman–Crippen MR) is 132 cm³/mol. The highest BCUT2D eigenvalue weighted by atomic mass is 19.1. The van der Waals surface area contributed by atoms with Crippen molar-refractivity contribution in [1.82, 2.24) is 14.9 Å². The smallest absolute Gasteiger partial charge is 0.319 e. The molecule has 2 unspecified atom stereocenters. The van der Waals surface area contributed by atoms with Crippen molar-refractivity contribution in [2.75, 3.05) is 17.7 Å². The van der Waals surface area contributed by atoms with Gasteiger partial charge in [-0.15, -0.1) is 0 Å². The Labute approximate surface area is 197 Å². The van der Waals surface area contributed by atoms with Gasteiger partial charge in [-0.1, -0.05) is 0 Å². The Morgan fingerprint density at radius 3 is 2.62 bits per heavy atom. The molecule has 0 saturated heterocycles. The van der Waals surface area contributed by atoms with Gasteiger partial charge in [0, 0.05) is 42.3 Å². The molecule has 4 N–H and O–H groups in total. The van der Waals surface area contributed by atoms with E-state index in [4.69, 9.17) is 0 Å². The van der Waals surface area contributed by atoms with Crippen LogP contribution in [0.4, 0.5) is 20.7 Å². The third kappa shape index (κ3) is 4.61. The number of carbonyl (C=O) groups is 1. The summed E-state index contributed by atoms with van der Waals surface area (Å²) in [7, 11) is 1.76. The minimum atomic E-state index is -0.583. The Morgan fingerprint density at radius 1 is 1.21 bits per heavy atom. The molecule has 2 aromatic heterocycles. The van der Waals surface area contributed by atoms with E-state index in [9.17, 15) is 19.1 Å². The number of aromatic nitrogens is 2. The number of hydrogen-bond donors (Lipinski definition) is 4. The number of urea groups is 1. The highest BCUT2D eigenvalue weighted by Crippen LogP contribution is 2.34. The number of nitrogens with one attached hydrogen (secondary N) is 3. The van der Waals surface area contributed by atoms with Crippen molar-refractivity contribution in [2.45, 2.75) is 58.2 Å². The molecule has 0 aliphatic heterocycles. The van der Waals surface area contributed by atoms with Gasteiger partial charge in [-0.3, -0.25) is 4.79 Å². The summed E-state index contributed by atoms with van der Waals surface area (Å²) in [6, 6.07) is 5.59. The van der Waals surface area contributed by atoms with E-state index in [2.05, 4.69) is 20.9 Å². The Hall–Kier alpha value is -3.46. The first-order chi connectivity index (χ1) is 16.2. The van der Waals surface area contributed by atoms with Crippen LogP contribution in [0.3, 0.4) is 0 Å². The summed E-state index contributed by atoms with van der Waals surface area (Å²) in [6.07, 6.45) is 3.03. The summed E-state index contributed by atoms with van der Waals surface area (Å²) in [5, 5.41) is 19.1. The van der Waals surface area contributed by atoms with Gasteiger partial charge in [0.15, 0.2) is 0 Å². The predicted octanol–water partition coefficient (Wildman–Crippen LogP) is 4.17. The first kappa shape index (κ1) is 23.7. The maximum Gasteiger partial charge on any atom is 0.319 e. The SMILES string of the molecule is CNc1cc2c(cn1)cc(-c1cc(NC(=O)NC(C)C)c(F)cc1C)c(=O)n2C1CCC(O)C1. The Bertz CT molecular complexity index is 1300. The lowest BCUT2D eigenvalue weighted by atomic mass is 9.98. The summed E-state index contributed by atoms with van der Waals surface area (Å²) in [4.78, 5) is 30.4. The van der Waals surface area contributed by atoms with Crippen LogP contribution < -0.4 is 21.5 Å². The zero-order valence-corrected chi connectivity index (χ0v) is 19.8. The van der Waals surface area contributed by atoms with Crippen molar-refractivity contribution >= 4 is 28.4 Å². The monoisotopic (exact) mass is 467 g/mol. The van der Waals surface area contributed by atoms with Crippen LogP contribution in [0, 0.1) is 12.7 Å². The average molecular weight is 468 g/mol. The topological polar surface area (TPSA) is 108 Å². The Kier molecular flexibility index (Phi) is 6.56. The largest absolute Gasteiger partial charge is 0.393 e. The molecule has 180 valence electrons. The van der Waals surface area contributed by atoms with Crippen molar-refractivity contribution in [1.29, 1.82) is 0 Å². The molecular formula is C25H30FN5O3. The van der Waals surface area contributed by atoms with Gasteiger partial charge >= 0.3 is 6.03 Å². The van der Waals surface area contributed by atoms with Gasteiger partial charge in [-0.05, 0) is 69.4 Å². The van der Waals surface area contributed by atoms with Crippen molar-refractivity contribution in [3.63, 3.8) is 0 Å². The molecule has 3 aromatic rings. The summed E-state index contributed by atoms with van der Waals surface area (Å²) in [6.45, 7) is 5.34. The number of amides is 2. The first-order valence-corrected chi connectivity index (χ1v) is 11.5. The van der Waals surface area contributed by atoms with Crippen LogP contribution in [0.2, 0.25) is 0 Å². The lowest BCUT2D eigenvalue weighted by molar-refractivity contribution is 0.178. The van der Waals surface area contributed by atoms with E-state index >= 15 is 0 Å². The highest BCUT2D eigenvalue weighted by molar-refractivity contribution is 5.91. The average Bonchev–Trinajstić information content (AvgIpc) is 3.20. The Balaban J connectivity index is 1.89. The third-order valence-corrected chi connectivity index (χ3v) is 6.19. The maximum absolute atomic E-state index is 14.7. The molecule has 0 radical (unpaired) electrons. The van der Waals surface area contributed by atoms with E-state index in [-0.39, 0.29) is 23.3 Å². The minimum Gasteiger partial charge on any atom is -0.393 e. The van der Waals surface area contributed by atoms with Crippen molar-refractivity contribution in [3.8, 4) is 11.1 Å². The number of benzene rings is 1. The summed E-state index contributed by atoms with van der Waals surface area (Å²) in [5.74, 6) is 0.0491. The maximum atomic E-state index is 14.7. The number of nitrogens with zero attached hydrogens (tertiary/aromatic N) is 2. The summed E-state index contributed by atoms with van der Waals surface area (Å²) < 4.78 is 16.4. The van der Waals surface area contributed by atoms with Crippen LogP contribution in [0.15, 0.2) is 35.3 Å². The van der Waals surface area contributed by atoms with Gasteiger partial charge in [0.2, 0.25) is 0 Å². The number of aliphatic hydroxyl groups excluding tert-OH is 1. The van der Waals surface area contributed by atoms with Crippen LogP contribution in [0.25, 0.3) is 22.0 Å². The number of fused-ring (bicyclic) bond motifs is 1. The van der Waals surface area contributed by atoms with E-state index in [1.807, 2.05) is 19.9 Å². The van der Waals surface area contributed by atoms with Gasteiger partial charge in [0.1, 0.15) is 11.6 Å². The number of pyridine rings is 2. The standard InChI is InChI=1S/C25H30FN5O3/c1-13(2)29-25(34)30-21-10-18(14(3)7-20(21)26)19-8-15-12-28-23(27-4)11-22(15)31(24(19)33)16-5-6-17(32)9-16/h7-8,10-13,16-17,32H,5-6,9H2,1-4H3,(H,27,28)(H2,29,30,34). The van der Waals surface area contributed by atoms with Gasteiger partial charge in [-0.25, -0.2) is 14.2 Å². The quantitative estimate of drug-likeness (QED) is 0.451. The normalized spacial score (nSPS) is 17.9. The second kappa shape index (κ2) is 9.42. The fraction of sp³-hybridized carbons (Fsp3) is 0.400. The molecule has 1 aromatic carbocycles. The molecule has 34 heavy (non-hydrogen) atoms. The molecule has 8 nitrogen and oxygen atoms in total. The van der Waals surface area contributed by atoms with E-state index in [1.54, 1.807) is 30.8 Å². The molecular weight excluding hydrogens is 437 g/mol. The van der Waals surface area contributed by atoms with Gasteiger partial charge in [-0.2, -0.15) is 0 Å². The second-order valence-corrected chi connectivity index (χ2v) is 9.13. The fourth-order valence-electron chi connectivity index (χ4n) is 4.57. The molecule has 0 bridgehead atoms. The van der Waals surface area contributed by atoms with Crippen molar-refractivity contribution in [2.24, 2.45) is 0 Å². The molecule has 2 atom stereocenters. The zero-order valence-electron chi connectivity index (χ0n) is 19.8. The molecule has 0 spiro atoms. The third-order valence-electron chi connectivity index (χ3n) is 6.19. The van der Waals surface area contributed by atoms with Gasteiger partial charge in [0.05, 0.1) is 17.3 Å². The van der Waals surface area contributed by atoms with Crippen LogP contribution in [0.5, 0.6) is 0 Å². The van der Waals surface area contributed by atoms with Crippen molar-refractivity contribution < 1.29 is 14.3 Å². The number of rotatable bonds is 5. The van der Waals surface area contributed by atoms with Crippen LogP contribution in [-0.4, -0.2) is 39.9 Å². The number of anilines is 2. The second-order valence-electron chi connectivity index (χ2n) is 9.13. The number of hydrogen-bond acceptors (Lipinski definition) is 5. The van der Waals surface area contributed by atoms with E-state index in [0.29, 0.717) is 41.8 Å². The number of aryl methyl sites for hydroxylation is 1. The molecule has 2 amide bonds. The lowest BCUT2D eigenvalue weighted by Gasteiger charge is -2.20. The molecule has 1 saturated carbocycles.